The van der Waals surface area contributed by atoms with Gasteiger partial charge in [-0.1, -0.05) is 18.2 Å². The van der Waals surface area contributed by atoms with Gasteiger partial charge in [0.1, 0.15) is 0 Å². The summed E-state index contributed by atoms with van der Waals surface area (Å²) < 4.78 is 10.6. The van der Waals surface area contributed by atoms with Crippen molar-refractivity contribution in [2.24, 2.45) is 0 Å². The van der Waals surface area contributed by atoms with Crippen molar-refractivity contribution in [1.29, 1.82) is 0 Å². The second kappa shape index (κ2) is 5.96. The molecule has 1 amide bonds. The van der Waals surface area contributed by atoms with E-state index >= 15 is 0 Å². The summed E-state index contributed by atoms with van der Waals surface area (Å²) in [6, 6.07) is 10.9. The molecule has 0 radical (unpaired) electrons. The summed E-state index contributed by atoms with van der Waals surface area (Å²) in [5.74, 6) is -0.829. The SMILES string of the molecule is C[C@H]1Cc2ccccc2N1C(=O)COC(=O)c1ccc(Br)o1. The number of halogens is 1. The minimum atomic E-state index is -0.654. The van der Waals surface area contributed by atoms with Gasteiger partial charge in [-0.3, -0.25) is 4.79 Å². The Balaban J connectivity index is 1.66. The molecule has 0 bridgehead atoms. The van der Waals surface area contributed by atoms with Crippen molar-refractivity contribution < 1.29 is 18.7 Å². The number of ether oxygens (including phenoxy) is 1. The molecule has 0 aliphatic carbocycles. The van der Waals surface area contributed by atoms with Crippen LogP contribution in [0.1, 0.15) is 23.0 Å². The monoisotopic (exact) mass is 363 g/mol. The predicted molar refractivity (Wildman–Crippen MR) is 83.8 cm³/mol. The number of carbonyl (C=O) groups is 2. The van der Waals surface area contributed by atoms with Crippen LogP contribution in [0.3, 0.4) is 0 Å². The third-order valence-electron chi connectivity index (χ3n) is 3.58. The number of carbonyl (C=O) groups excluding carboxylic acids is 2. The molecule has 1 atom stereocenters. The third kappa shape index (κ3) is 2.78. The second-order valence-corrected chi connectivity index (χ2v) is 5.91. The summed E-state index contributed by atoms with van der Waals surface area (Å²) in [6.07, 6.45) is 0.807. The lowest BCUT2D eigenvalue weighted by Crippen LogP contribution is -2.38. The van der Waals surface area contributed by atoms with Crippen LogP contribution in [0.15, 0.2) is 45.5 Å². The summed E-state index contributed by atoms with van der Waals surface area (Å²) in [5, 5.41) is 0. The van der Waals surface area contributed by atoms with Gasteiger partial charge in [0.15, 0.2) is 11.3 Å². The summed E-state index contributed by atoms with van der Waals surface area (Å²) in [7, 11) is 0. The molecule has 2 aromatic rings. The Morgan fingerprint density at radius 3 is 2.82 bits per heavy atom. The van der Waals surface area contributed by atoms with Crippen molar-refractivity contribution in [3.8, 4) is 0 Å². The van der Waals surface area contributed by atoms with Crippen molar-refractivity contribution in [2.75, 3.05) is 11.5 Å². The Labute approximate surface area is 136 Å². The molecule has 0 spiro atoms. The Bertz CT molecular complexity index is 724. The average Bonchev–Trinajstić information content (AvgIpc) is 3.07. The smallest absolute Gasteiger partial charge is 0.374 e. The first-order valence-corrected chi connectivity index (χ1v) is 7.68. The highest BCUT2D eigenvalue weighted by Gasteiger charge is 2.31. The first kappa shape index (κ1) is 14.8. The van der Waals surface area contributed by atoms with E-state index in [0.29, 0.717) is 4.67 Å². The van der Waals surface area contributed by atoms with Gasteiger partial charge < -0.3 is 14.1 Å². The van der Waals surface area contributed by atoms with Crippen molar-refractivity contribution in [2.45, 2.75) is 19.4 Å². The number of amides is 1. The molecule has 22 heavy (non-hydrogen) atoms. The molecule has 0 fully saturated rings. The maximum absolute atomic E-state index is 12.4. The molecule has 1 aromatic carbocycles. The van der Waals surface area contributed by atoms with Gasteiger partial charge >= 0.3 is 5.97 Å². The van der Waals surface area contributed by atoms with Crippen LogP contribution in [0.4, 0.5) is 5.69 Å². The second-order valence-electron chi connectivity index (χ2n) is 5.13. The van der Waals surface area contributed by atoms with E-state index in [0.717, 1.165) is 17.7 Å². The number of esters is 1. The Kier molecular flexibility index (Phi) is 4.02. The highest BCUT2D eigenvalue weighted by Crippen LogP contribution is 2.31. The number of benzene rings is 1. The zero-order valence-corrected chi connectivity index (χ0v) is 13.5. The minimum Gasteiger partial charge on any atom is -0.450 e. The van der Waals surface area contributed by atoms with Gasteiger partial charge in [0.25, 0.3) is 5.91 Å². The largest absolute Gasteiger partial charge is 0.450 e. The lowest BCUT2D eigenvalue weighted by atomic mass is 10.1. The fourth-order valence-electron chi connectivity index (χ4n) is 2.64. The average molecular weight is 364 g/mol. The van der Waals surface area contributed by atoms with Crippen LogP contribution in [0, 0.1) is 0 Å². The van der Waals surface area contributed by atoms with Crippen molar-refractivity contribution in [3.05, 3.63) is 52.4 Å². The van der Waals surface area contributed by atoms with E-state index in [2.05, 4.69) is 15.9 Å². The number of hydrogen-bond acceptors (Lipinski definition) is 4. The molecule has 114 valence electrons. The van der Waals surface area contributed by atoms with Crippen molar-refractivity contribution in [1.82, 2.24) is 0 Å². The van der Waals surface area contributed by atoms with E-state index < -0.39 is 5.97 Å². The van der Waals surface area contributed by atoms with E-state index in [1.807, 2.05) is 31.2 Å². The topological polar surface area (TPSA) is 59.8 Å². The van der Waals surface area contributed by atoms with Crippen LogP contribution in [0.2, 0.25) is 0 Å². The Hall–Kier alpha value is -2.08. The lowest BCUT2D eigenvalue weighted by Gasteiger charge is -2.22. The van der Waals surface area contributed by atoms with Gasteiger partial charge in [-0.05, 0) is 53.0 Å². The number of anilines is 1. The lowest BCUT2D eigenvalue weighted by molar-refractivity contribution is -0.122. The number of para-hydroxylation sites is 1. The molecule has 6 heteroatoms. The fraction of sp³-hybridized carbons (Fsp3) is 0.250. The molecular formula is C16H14BrNO4. The Morgan fingerprint density at radius 1 is 1.32 bits per heavy atom. The van der Waals surface area contributed by atoms with Gasteiger partial charge in [-0.2, -0.15) is 0 Å². The minimum absolute atomic E-state index is 0.0568. The van der Waals surface area contributed by atoms with Crippen LogP contribution in [-0.4, -0.2) is 24.5 Å². The normalized spacial score (nSPS) is 16.5. The summed E-state index contributed by atoms with van der Waals surface area (Å²) in [4.78, 5) is 25.8. The van der Waals surface area contributed by atoms with Crippen LogP contribution in [-0.2, 0) is 16.0 Å². The van der Waals surface area contributed by atoms with E-state index in [1.165, 1.54) is 6.07 Å². The number of rotatable bonds is 3. The molecule has 5 nitrogen and oxygen atoms in total. The van der Waals surface area contributed by atoms with E-state index in [1.54, 1.807) is 11.0 Å². The van der Waals surface area contributed by atoms with Crippen molar-refractivity contribution >= 4 is 33.5 Å². The van der Waals surface area contributed by atoms with Crippen LogP contribution >= 0.6 is 15.9 Å². The summed E-state index contributed by atoms with van der Waals surface area (Å²) in [5.41, 5.74) is 2.02. The first-order valence-electron chi connectivity index (χ1n) is 6.88. The summed E-state index contributed by atoms with van der Waals surface area (Å²) in [6.45, 7) is 1.67. The van der Waals surface area contributed by atoms with Gasteiger partial charge in [-0.15, -0.1) is 0 Å². The molecule has 0 saturated heterocycles. The quantitative estimate of drug-likeness (QED) is 0.785. The predicted octanol–water partition coefficient (Wildman–Crippen LogP) is 3.18. The van der Waals surface area contributed by atoms with Gasteiger partial charge in [-0.25, -0.2) is 4.79 Å². The summed E-state index contributed by atoms with van der Waals surface area (Å²) >= 11 is 3.11. The van der Waals surface area contributed by atoms with E-state index in [9.17, 15) is 9.59 Å². The van der Waals surface area contributed by atoms with E-state index in [-0.39, 0.29) is 24.3 Å². The number of nitrogens with zero attached hydrogens (tertiary/aromatic N) is 1. The number of hydrogen-bond donors (Lipinski definition) is 0. The van der Waals surface area contributed by atoms with E-state index in [4.69, 9.17) is 9.15 Å². The zero-order valence-electron chi connectivity index (χ0n) is 11.9. The third-order valence-corrected chi connectivity index (χ3v) is 4.00. The van der Waals surface area contributed by atoms with Crippen LogP contribution in [0.5, 0.6) is 0 Å². The maximum Gasteiger partial charge on any atom is 0.374 e. The van der Waals surface area contributed by atoms with Gasteiger partial charge in [0, 0.05) is 11.7 Å². The molecule has 1 aromatic heterocycles. The molecule has 0 N–H and O–H groups in total. The van der Waals surface area contributed by atoms with Gasteiger partial charge in [0.05, 0.1) is 0 Å². The fourth-order valence-corrected chi connectivity index (χ4v) is 2.94. The number of furan rings is 1. The standard InChI is InChI=1S/C16H14BrNO4/c1-10-8-11-4-2-3-5-12(11)18(10)15(19)9-21-16(20)13-6-7-14(17)22-13/h2-7,10H,8-9H2,1H3/t10-/m0/s1. The maximum atomic E-state index is 12.4. The van der Waals surface area contributed by atoms with Gasteiger partial charge in [0.2, 0.25) is 5.76 Å². The van der Waals surface area contributed by atoms with Crippen molar-refractivity contribution in [3.63, 3.8) is 0 Å². The zero-order chi connectivity index (χ0) is 15.7. The molecule has 3 rings (SSSR count). The Morgan fingerprint density at radius 2 is 2.09 bits per heavy atom. The first-order chi connectivity index (χ1) is 10.6. The molecule has 1 aliphatic heterocycles. The molecule has 1 aliphatic rings. The van der Waals surface area contributed by atoms with Crippen LogP contribution < -0.4 is 4.90 Å². The van der Waals surface area contributed by atoms with Crippen LogP contribution in [0.25, 0.3) is 0 Å². The molecule has 2 heterocycles. The molecular weight excluding hydrogens is 350 g/mol. The number of fused-ring (bicyclic) bond motifs is 1. The highest BCUT2D eigenvalue weighted by molar-refractivity contribution is 9.10. The molecule has 0 unspecified atom stereocenters. The highest BCUT2D eigenvalue weighted by atomic mass is 79.9. The molecule has 0 saturated carbocycles.